The van der Waals surface area contributed by atoms with Crippen LogP contribution in [0.1, 0.15) is 0 Å². The zero-order chi connectivity index (χ0) is 47.7. The molecule has 1 aliphatic rings. The molecule has 1 aliphatic carbocycles. The maximum Gasteiger partial charge on any atom is 0.0434 e. The number of rotatable bonds is 6. The summed E-state index contributed by atoms with van der Waals surface area (Å²) in [6, 6.07) is 95.6. The lowest BCUT2D eigenvalue weighted by Crippen LogP contribution is -1.99. The highest BCUT2D eigenvalue weighted by Crippen LogP contribution is 2.62. The van der Waals surface area contributed by atoms with E-state index in [-0.39, 0.29) is 0 Å². The van der Waals surface area contributed by atoms with Crippen molar-refractivity contribution in [3.63, 3.8) is 0 Å². The molecule has 1 aromatic heterocycles. The average Bonchev–Trinajstić information content (AvgIpc) is 4.01. The van der Waals surface area contributed by atoms with E-state index in [1.807, 2.05) is 11.3 Å². The molecule has 0 bridgehead atoms. The zero-order valence-electron chi connectivity index (χ0n) is 39.7. The van der Waals surface area contributed by atoms with E-state index in [4.69, 9.17) is 0 Å². The first-order chi connectivity index (χ1) is 36.3. The van der Waals surface area contributed by atoms with Crippen LogP contribution in [0.3, 0.4) is 0 Å². The van der Waals surface area contributed by atoms with E-state index in [1.54, 1.807) is 0 Å². The summed E-state index contributed by atoms with van der Waals surface area (Å²) in [5, 5.41) is 15.7. The Bertz CT molecular complexity index is 4570. The predicted octanol–water partition coefficient (Wildman–Crippen LogP) is 20.9. The third-order valence-electron chi connectivity index (χ3n) is 15.9. The minimum Gasteiger partial charge on any atom is -0.135 e. The van der Waals surface area contributed by atoms with Crippen molar-refractivity contribution < 1.29 is 0 Å². The lowest BCUT2D eigenvalue weighted by Gasteiger charge is -2.26. The molecule has 15 aromatic rings. The third-order valence-corrected chi connectivity index (χ3v) is 17.2. The second-order valence-corrected chi connectivity index (χ2v) is 20.8. The van der Waals surface area contributed by atoms with Gasteiger partial charge in [0.1, 0.15) is 0 Å². The van der Waals surface area contributed by atoms with Gasteiger partial charge in [0.25, 0.3) is 0 Å². The normalized spacial score (nSPS) is 12.1. The van der Waals surface area contributed by atoms with Crippen LogP contribution in [0.2, 0.25) is 0 Å². The van der Waals surface area contributed by atoms with Crippen molar-refractivity contribution in [3.05, 3.63) is 255 Å². The molecule has 0 nitrogen and oxygen atoms in total. The summed E-state index contributed by atoms with van der Waals surface area (Å²) in [4.78, 5) is 0. The van der Waals surface area contributed by atoms with E-state index in [1.165, 1.54) is 163 Å². The van der Waals surface area contributed by atoms with Gasteiger partial charge in [-0.15, -0.1) is 11.3 Å². The van der Waals surface area contributed by atoms with Crippen LogP contribution in [-0.4, -0.2) is 0 Å². The van der Waals surface area contributed by atoms with Crippen LogP contribution in [0.5, 0.6) is 0 Å². The van der Waals surface area contributed by atoms with Crippen molar-refractivity contribution >= 4 is 85.4 Å². The molecule has 0 saturated heterocycles. The van der Waals surface area contributed by atoms with E-state index >= 15 is 0 Å². The summed E-state index contributed by atoms with van der Waals surface area (Å²) in [7, 11) is 0. The van der Waals surface area contributed by atoms with Crippen molar-refractivity contribution in [2.45, 2.75) is 0 Å². The summed E-state index contributed by atoms with van der Waals surface area (Å²) in [5.41, 5.74) is 20.0. The highest BCUT2D eigenvalue weighted by Gasteiger charge is 2.34. The molecule has 0 fully saturated rings. The van der Waals surface area contributed by atoms with E-state index < -0.39 is 0 Å². The van der Waals surface area contributed by atoms with Gasteiger partial charge in [-0.3, -0.25) is 0 Å². The average molecular weight is 939 g/mol. The number of hydrogen-bond acceptors (Lipinski definition) is 1. The maximum absolute atomic E-state index is 2.51. The molecule has 1 heterocycles. The molecule has 0 unspecified atom stereocenters. The van der Waals surface area contributed by atoms with Gasteiger partial charge in [0.05, 0.1) is 0 Å². The lowest BCUT2D eigenvalue weighted by molar-refractivity contribution is 1.54. The Labute approximate surface area is 426 Å². The minimum atomic E-state index is 1.20. The molecule has 336 valence electrons. The minimum absolute atomic E-state index is 1.20. The first kappa shape index (κ1) is 40.6. The van der Waals surface area contributed by atoms with Gasteiger partial charge in [0.2, 0.25) is 0 Å². The van der Waals surface area contributed by atoms with Gasteiger partial charge < -0.3 is 0 Å². The molecule has 16 rings (SSSR count). The van der Waals surface area contributed by atoms with Crippen LogP contribution in [0, 0.1) is 0 Å². The second-order valence-electron chi connectivity index (χ2n) is 19.7. The van der Waals surface area contributed by atoms with Crippen molar-refractivity contribution in [2.75, 3.05) is 0 Å². The number of thiophene rings is 1. The fraction of sp³-hybridized carbons (Fsp3) is 0. The van der Waals surface area contributed by atoms with Gasteiger partial charge in [-0.1, -0.05) is 237 Å². The molecule has 0 atom stereocenters. The Hall–Kier alpha value is -9.14. The van der Waals surface area contributed by atoms with Gasteiger partial charge in [-0.2, -0.15) is 0 Å². The summed E-state index contributed by atoms with van der Waals surface area (Å²) in [6.45, 7) is 0. The highest BCUT2D eigenvalue weighted by molar-refractivity contribution is 7.26. The van der Waals surface area contributed by atoms with E-state index in [0.29, 0.717) is 0 Å². The van der Waals surface area contributed by atoms with Crippen LogP contribution < -0.4 is 0 Å². The van der Waals surface area contributed by atoms with Crippen LogP contribution in [0.15, 0.2) is 255 Å². The van der Waals surface area contributed by atoms with Crippen LogP contribution in [-0.2, 0) is 0 Å². The van der Waals surface area contributed by atoms with Gasteiger partial charge in [-0.05, 0) is 156 Å². The van der Waals surface area contributed by atoms with Gasteiger partial charge in [0, 0.05) is 25.7 Å². The first-order valence-corrected chi connectivity index (χ1v) is 26.1. The molecule has 0 spiro atoms. The molecule has 14 aromatic carbocycles. The van der Waals surface area contributed by atoms with Crippen molar-refractivity contribution in [1.82, 2.24) is 0 Å². The lowest BCUT2D eigenvalue weighted by atomic mass is 9.76. The fourth-order valence-corrected chi connectivity index (χ4v) is 14.2. The van der Waals surface area contributed by atoms with E-state index in [9.17, 15) is 0 Å². The maximum atomic E-state index is 2.51. The summed E-state index contributed by atoms with van der Waals surface area (Å²) in [5.74, 6) is 0. The number of fused-ring (bicyclic) bond motifs is 8. The van der Waals surface area contributed by atoms with Crippen LogP contribution >= 0.6 is 11.3 Å². The smallest absolute Gasteiger partial charge is 0.0434 e. The largest absolute Gasteiger partial charge is 0.135 e. The molecule has 1 heteroatoms. The Morgan fingerprint density at radius 2 is 0.630 bits per heavy atom. The SMILES string of the molecule is c1ccc(-c2c(-c3ccccc3)c(-c3ccccc3)c3c(c2-c2ccccc2)-c2cccc4c(-c5cc(-c6ccc7c8cccc9cccc(c%10cccc6c%107)c98)cc6c5sc5ccccc56)ccc-3c24)cc1. The topological polar surface area (TPSA) is 0 Å². The zero-order valence-corrected chi connectivity index (χ0v) is 40.5. The standard InChI is InChI=1S/C72H42S/c1-5-19-44(20-6-1)64-65(45-21-7-2-8-22-45)67(47-25-11-4-12-26-47)71-59-40-38-50(53-33-18-35-58(69(53)59)70(71)66(64)46-23-9-3-10-24-46)60-41-48(42-61-51-29-13-14-36-62(51)73-72(60)61)49-37-39-57-55-31-16-28-43-27-15-30-54(63(43)55)56-34-17-32-52(49)68(56)57/h1-42H. The predicted molar refractivity (Wildman–Crippen MR) is 315 cm³/mol. The van der Waals surface area contributed by atoms with Crippen LogP contribution in [0.4, 0.5) is 0 Å². The monoisotopic (exact) mass is 938 g/mol. The fourth-order valence-electron chi connectivity index (χ4n) is 13.0. The Morgan fingerprint density at radius 3 is 1.23 bits per heavy atom. The molecule has 73 heavy (non-hydrogen) atoms. The van der Waals surface area contributed by atoms with E-state index in [2.05, 4.69) is 255 Å². The summed E-state index contributed by atoms with van der Waals surface area (Å²) in [6.07, 6.45) is 0. The van der Waals surface area contributed by atoms with E-state index in [0.717, 1.165) is 0 Å². The Kier molecular flexibility index (Phi) is 8.72. The van der Waals surface area contributed by atoms with Gasteiger partial charge in [-0.25, -0.2) is 0 Å². The molecule has 0 amide bonds. The summed E-state index contributed by atoms with van der Waals surface area (Å²) < 4.78 is 2.62. The van der Waals surface area contributed by atoms with Gasteiger partial charge in [0.15, 0.2) is 0 Å². The van der Waals surface area contributed by atoms with Crippen molar-refractivity contribution in [3.8, 4) is 89.0 Å². The van der Waals surface area contributed by atoms with Crippen molar-refractivity contribution in [1.29, 1.82) is 0 Å². The Morgan fingerprint density at radius 1 is 0.205 bits per heavy atom. The molecule has 0 aliphatic heterocycles. The number of hydrogen-bond donors (Lipinski definition) is 0. The molecular formula is C72H42S. The summed E-state index contributed by atoms with van der Waals surface area (Å²) >= 11 is 1.92. The number of benzene rings is 14. The molecule has 0 radical (unpaired) electrons. The quantitative estimate of drug-likeness (QED) is 0.115. The third kappa shape index (κ3) is 5.83. The first-order valence-electron chi connectivity index (χ1n) is 25.3. The molecule has 0 saturated carbocycles. The van der Waals surface area contributed by atoms with Crippen molar-refractivity contribution in [2.24, 2.45) is 0 Å². The van der Waals surface area contributed by atoms with Crippen LogP contribution in [0.25, 0.3) is 163 Å². The highest BCUT2D eigenvalue weighted by atomic mass is 32.1. The van der Waals surface area contributed by atoms with Gasteiger partial charge >= 0.3 is 0 Å². The Balaban J connectivity index is 1.02. The second kappa shape index (κ2) is 15.7. The molecule has 0 N–H and O–H groups in total. The molecular weight excluding hydrogens is 897 g/mol.